The summed E-state index contributed by atoms with van der Waals surface area (Å²) in [5.41, 5.74) is 3.96. The van der Waals surface area contributed by atoms with Gasteiger partial charge in [-0.3, -0.25) is 4.57 Å². The van der Waals surface area contributed by atoms with Crippen LogP contribution in [0.25, 0.3) is 5.69 Å². The quantitative estimate of drug-likeness (QED) is 0.780. The molecule has 3 rings (SSSR count). The number of para-hydroxylation sites is 1. The molecule has 0 aliphatic carbocycles. The van der Waals surface area contributed by atoms with Crippen LogP contribution in [0, 0.1) is 0 Å². The van der Waals surface area contributed by atoms with Crippen LogP contribution >= 0.6 is 11.3 Å². The lowest BCUT2D eigenvalue weighted by Gasteiger charge is -2.08. The molecular formula is C13H12N4S. The van der Waals surface area contributed by atoms with E-state index in [1.165, 1.54) is 0 Å². The van der Waals surface area contributed by atoms with E-state index in [4.69, 9.17) is 0 Å². The molecule has 0 spiro atoms. The van der Waals surface area contributed by atoms with E-state index in [2.05, 4.69) is 27.4 Å². The summed E-state index contributed by atoms with van der Waals surface area (Å²) in [7, 11) is 0. The van der Waals surface area contributed by atoms with Gasteiger partial charge in [-0.25, -0.2) is 9.97 Å². The lowest BCUT2D eigenvalue weighted by molar-refractivity contribution is 0.984. The van der Waals surface area contributed by atoms with E-state index in [1.54, 1.807) is 17.5 Å². The molecule has 0 radical (unpaired) electrons. The zero-order chi connectivity index (χ0) is 12.2. The Bertz CT molecular complexity index is 601. The maximum Gasteiger partial charge on any atom is 0.207 e. The summed E-state index contributed by atoms with van der Waals surface area (Å²) >= 11 is 1.60. The van der Waals surface area contributed by atoms with E-state index in [0.717, 1.165) is 17.3 Å². The van der Waals surface area contributed by atoms with Crippen molar-refractivity contribution in [3.63, 3.8) is 0 Å². The maximum absolute atomic E-state index is 4.32. The van der Waals surface area contributed by atoms with Crippen molar-refractivity contribution in [1.29, 1.82) is 0 Å². The summed E-state index contributed by atoms with van der Waals surface area (Å²) in [4.78, 5) is 8.56. The lowest BCUT2D eigenvalue weighted by Crippen LogP contribution is -2.06. The van der Waals surface area contributed by atoms with E-state index >= 15 is 0 Å². The van der Waals surface area contributed by atoms with E-state index < -0.39 is 0 Å². The molecule has 18 heavy (non-hydrogen) atoms. The molecule has 2 aromatic heterocycles. The first-order valence-electron chi connectivity index (χ1n) is 5.63. The van der Waals surface area contributed by atoms with Gasteiger partial charge >= 0.3 is 0 Å². The van der Waals surface area contributed by atoms with Gasteiger partial charge in [-0.1, -0.05) is 18.2 Å². The average molecular weight is 256 g/mol. The van der Waals surface area contributed by atoms with E-state index in [9.17, 15) is 0 Å². The predicted octanol–water partition coefficient (Wildman–Crippen LogP) is 2.94. The largest absolute Gasteiger partial charge is 0.350 e. The first-order chi connectivity index (χ1) is 8.93. The molecule has 0 aliphatic rings. The Morgan fingerprint density at radius 3 is 2.83 bits per heavy atom. The van der Waals surface area contributed by atoms with Gasteiger partial charge in [0.2, 0.25) is 5.95 Å². The molecule has 90 valence electrons. The Morgan fingerprint density at radius 2 is 2.06 bits per heavy atom. The fraction of sp³-hybridized carbons (Fsp3) is 0.0769. The summed E-state index contributed by atoms with van der Waals surface area (Å²) in [5, 5.41) is 5.32. The van der Waals surface area contributed by atoms with Gasteiger partial charge in [0.25, 0.3) is 0 Å². The zero-order valence-corrected chi connectivity index (χ0v) is 10.5. The number of rotatable bonds is 4. The average Bonchev–Trinajstić information content (AvgIpc) is 3.09. The third-order valence-corrected chi connectivity index (χ3v) is 3.22. The van der Waals surface area contributed by atoms with Gasteiger partial charge in [0.05, 0.1) is 17.7 Å². The van der Waals surface area contributed by atoms with Gasteiger partial charge in [-0.05, 0) is 12.1 Å². The molecule has 1 N–H and O–H groups in total. The Kier molecular flexibility index (Phi) is 3.06. The van der Waals surface area contributed by atoms with Crippen LogP contribution < -0.4 is 5.32 Å². The van der Waals surface area contributed by atoms with Crippen molar-refractivity contribution < 1.29 is 0 Å². The minimum Gasteiger partial charge on any atom is -0.350 e. The summed E-state index contributed by atoms with van der Waals surface area (Å²) in [6, 6.07) is 10.1. The smallest absolute Gasteiger partial charge is 0.207 e. The van der Waals surface area contributed by atoms with Crippen molar-refractivity contribution in [1.82, 2.24) is 14.5 Å². The molecular weight excluding hydrogens is 244 g/mol. The Hall–Kier alpha value is -2.14. The molecule has 0 unspecified atom stereocenters. The number of benzene rings is 1. The molecule has 5 heteroatoms. The van der Waals surface area contributed by atoms with Crippen LogP contribution in [-0.4, -0.2) is 14.5 Å². The number of aromatic nitrogens is 3. The van der Waals surface area contributed by atoms with Crippen molar-refractivity contribution in [2.75, 3.05) is 5.32 Å². The molecule has 4 nitrogen and oxygen atoms in total. The van der Waals surface area contributed by atoms with Crippen LogP contribution in [0.5, 0.6) is 0 Å². The molecule has 0 saturated heterocycles. The molecule has 2 heterocycles. The summed E-state index contributed by atoms with van der Waals surface area (Å²) in [6.45, 7) is 0.688. The van der Waals surface area contributed by atoms with Gasteiger partial charge in [0, 0.05) is 23.5 Å². The van der Waals surface area contributed by atoms with E-state index in [1.807, 2.05) is 39.9 Å². The highest BCUT2D eigenvalue weighted by Crippen LogP contribution is 2.14. The molecule has 0 aliphatic heterocycles. The molecule has 0 fully saturated rings. The van der Waals surface area contributed by atoms with Gasteiger partial charge in [-0.15, -0.1) is 11.3 Å². The number of nitrogens with one attached hydrogen (secondary N) is 1. The molecule has 0 atom stereocenters. The fourth-order valence-electron chi connectivity index (χ4n) is 1.73. The second kappa shape index (κ2) is 5.01. The number of hydrogen-bond donors (Lipinski definition) is 1. The number of thiazole rings is 1. The van der Waals surface area contributed by atoms with Gasteiger partial charge in [0.1, 0.15) is 0 Å². The van der Waals surface area contributed by atoms with Gasteiger partial charge in [0.15, 0.2) is 0 Å². The van der Waals surface area contributed by atoms with Crippen molar-refractivity contribution in [3.05, 3.63) is 59.3 Å². The minimum absolute atomic E-state index is 0.688. The third-order valence-electron chi connectivity index (χ3n) is 2.59. The van der Waals surface area contributed by atoms with Crippen LogP contribution in [0.4, 0.5) is 5.95 Å². The van der Waals surface area contributed by atoms with Crippen molar-refractivity contribution in [2.24, 2.45) is 0 Å². The summed E-state index contributed by atoms with van der Waals surface area (Å²) < 4.78 is 2.02. The molecule has 0 bridgehead atoms. The zero-order valence-electron chi connectivity index (χ0n) is 9.65. The van der Waals surface area contributed by atoms with Crippen molar-refractivity contribution >= 4 is 17.3 Å². The maximum atomic E-state index is 4.32. The highest BCUT2D eigenvalue weighted by Gasteiger charge is 2.04. The molecule has 0 saturated carbocycles. The van der Waals surface area contributed by atoms with Crippen molar-refractivity contribution in [2.45, 2.75) is 6.54 Å². The second-order valence-electron chi connectivity index (χ2n) is 3.79. The molecule has 1 aromatic carbocycles. The number of hydrogen-bond acceptors (Lipinski definition) is 4. The lowest BCUT2D eigenvalue weighted by atomic mass is 10.3. The number of anilines is 1. The van der Waals surface area contributed by atoms with Crippen LogP contribution in [0.1, 0.15) is 5.69 Å². The first-order valence-corrected chi connectivity index (χ1v) is 6.57. The Labute approximate surface area is 109 Å². The highest BCUT2D eigenvalue weighted by molar-refractivity contribution is 7.07. The highest BCUT2D eigenvalue weighted by atomic mass is 32.1. The predicted molar refractivity (Wildman–Crippen MR) is 73.0 cm³/mol. The first kappa shape index (κ1) is 11.0. The fourth-order valence-corrected chi connectivity index (χ4v) is 2.28. The van der Waals surface area contributed by atoms with Crippen LogP contribution in [0.15, 0.2) is 53.6 Å². The topological polar surface area (TPSA) is 42.7 Å². The summed E-state index contributed by atoms with van der Waals surface area (Å²) in [5.74, 6) is 0.828. The van der Waals surface area contributed by atoms with E-state index in [0.29, 0.717) is 6.54 Å². The van der Waals surface area contributed by atoms with E-state index in [-0.39, 0.29) is 0 Å². The third kappa shape index (κ3) is 2.26. The summed E-state index contributed by atoms with van der Waals surface area (Å²) in [6.07, 6.45) is 3.73. The normalized spacial score (nSPS) is 10.4. The van der Waals surface area contributed by atoms with Crippen LogP contribution in [0.2, 0.25) is 0 Å². The number of nitrogens with zero attached hydrogens (tertiary/aromatic N) is 3. The number of imidazole rings is 1. The molecule has 0 amide bonds. The van der Waals surface area contributed by atoms with Gasteiger partial charge in [-0.2, -0.15) is 0 Å². The SMILES string of the molecule is c1ccc(-n2ccnc2NCc2cscn2)cc1. The monoisotopic (exact) mass is 256 g/mol. The second-order valence-corrected chi connectivity index (χ2v) is 4.51. The van der Waals surface area contributed by atoms with Gasteiger partial charge < -0.3 is 5.32 Å². The Morgan fingerprint density at radius 1 is 1.17 bits per heavy atom. The van der Waals surface area contributed by atoms with Crippen LogP contribution in [0.3, 0.4) is 0 Å². The minimum atomic E-state index is 0.688. The molecule has 3 aromatic rings. The Balaban J connectivity index is 1.80. The van der Waals surface area contributed by atoms with Crippen molar-refractivity contribution in [3.8, 4) is 5.69 Å². The van der Waals surface area contributed by atoms with Crippen LogP contribution in [-0.2, 0) is 6.54 Å². The standard InChI is InChI=1S/C13H12N4S/c1-2-4-12(5-3-1)17-7-6-14-13(17)15-8-11-9-18-10-16-11/h1-7,9-10H,8H2,(H,14,15).